The lowest BCUT2D eigenvalue weighted by Crippen LogP contribution is -2.49. The maximum atomic E-state index is 12.5. The Labute approximate surface area is 223 Å². The molecule has 0 amide bonds. The summed E-state index contributed by atoms with van der Waals surface area (Å²) < 4.78 is 37.7. The Morgan fingerprint density at radius 1 is 1.19 bits per heavy atom. The SMILES string of the molecule is CC[C@@H](C)[C@H]1CC[C@H]2/C(=C/[C@@H](C)[C@]34CC3C[C@H](O[Si](C)(C)C(C)(C)C)C4OS(C)(=O)=O)CCC[C@]12C. The Morgan fingerprint density at radius 3 is 2.44 bits per heavy atom. The van der Waals surface area contributed by atoms with Crippen LogP contribution in [0.4, 0.5) is 0 Å². The van der Waals surface area contributed by atoms with Crippen LogP contribution < -0.4 is 0 Å². The molecule has 0 aromatic heterocycles. The van der Waals surface area contributed by atoms with Crippen molar-refractivity contribution in [2.75, 3.05) is 6.26 Å². The molecule has 4 nitrogen and oxygen atoms in total. The van der Waals surface area contributed by atoms with Gasteiger partial charge in [0.25, 0.3) is 10.1 Å². The van der Waals surface area contributed by atoms with Crippen LogP contribution in [0.5, 0.6) is 0 Å². The van der Waals surface area contributed by atoms with E-state index < -0.39 is 18.4 Å². The van der Waals surface area contributed by atoms with E-state index in [1.165, 1.54) is 44.8 Å². The van der Waals surface area contributed by atoms with E-state index in [1.54, 1.807) is 5.57 Å². The maximum Gasteiger partial charge on any atom is 0.264 e. The van der Waals surface area contributed by atoms with E-state index in [0.29, 0.717) is 23.2 Å². The molecule has 4 rings (SSSR count). The van der Waals surface area contributed by atoms with Gasteiger partial charge in [0.05, 0.1) is 12.4 Å². The molecule has 4 saturated carbocycles. The summed E-state index contributed by atoms with van der Waals surface area (Å²) in [4.78, 5) is 0. The lowest BCUT2D eigenvalue weighted by Gasteiger charge is -2.45. The zero-order valence-corrected chi connectivity index (χ0v) is 26.6. The number of rotatable bonds is 8. The predicted octanol–water partition coefficient (Wildman–Crippen LogP) is 7.96. The maximum absolute atomic E-state index is 12.5. The van der Waals surface area contributed by atoms with Gasteiger partial charge in [-0.1, -0.05) is 66.5 Å². The number of allylic oxidation sites excluding steroid dienone is 2. The van der Waals surface area contributed by atoms with Gasteiger partial charge >= 0.3 is 0 Å². The number of hydrogen-bond acceptors (Lipinski definition) is 4. The summed E-state index contributed by atoms with van der Waals surface area (Å²) in [6.45, 7) is 21.0. The van der Waals surface area contributed by atoms with E-state index in [1.807, 2.05) is 0 Å². The van der Waals surface area contributed by atoms with Crippen LogP contribution in [0.3, 0.4) is 0 Å². The standard InChI is InChI=1S/C30H54O4SSi/c1-11-20(2)24-14-15-25-22(13-12-16-29(24,25)7)17-21(3)30-19-23(30)18-26(27(30)33-35(8,31)32)34-36(9,10)28(4,5)6/h17,20-21,23-27H,11-16,18-19H2,1-10H3/b22-17+/t20-,21-,23?,24-,25+,26+,27?,29-,30-/m1/s1. The third-order valence-corrected chi connectivity index (χ3v) is 16.9. The molecular formula is C30H54O4SSi. The third-order valence-electron chi connectivity index (χ3n) is 11.8. The summed E-state index contributed by atoms with van der Waals surface area (Å²) >= 11 is 0. The van der Waals surface area contributed by atoms with Crippen molar-refractivity contribution in [1.82, 2.24) is 0 Å². The highest BCUT2D eigenvalue weighted by Gasteiger charge is 2.70. The summed E-state index contributed by atoms with van der Waals surface area (Å²) in [6, 6.07) is 0. The Bertz CT molecular complexity index is 966. The molecule has 208 valence electrons. The molecule has 36 heavy (non-hydrogen) atoms. The van der Waals surface area contributed by atoms with E-state index in [2.05, 4.69) is 67.6 Å². The van der Waals surface area contributed by atoms with E-state index in [0.717, 1.165) is 24.7 Å². The Balaban J connectivity index is 1.61. The van der Waals surface area contributed by atoms with Gasteiger partial charge in [0.1, 0.15) is 6.10 Å². The monoisotopic (exact) mass is 538 g/mol. The lowest BCUT2D eigenvalue weighted by molar-refractivity contribution is 0.0164. The van der Waals surface area contributed by atoms with Crippen LogP contribution in [0.1, 0.15) is 99.8 Å². The second-order valence-corrected chi connectivity index (χ2v) is 21.3. The van der Waals surface area contributed by atoms with E-state index >= 15 is 0 Å². The van der Waals surface area contributed by atoms with Gasteiger partial charge in [-0.05, 0) is 98.1 Å². The van der Waals surface area contributed by atoms with Crippen molar-refractivity contribution in [2.24, 2.45) is 40.4 Å². The average Bonchev–Trinajstić information content (AvgIpc) is 3.24. The molecule has 4 fully saturated rings. The molecule has 0 aliphatic heterocycles. The highest BCUT2D eigenvalue weighted by Crippen LogP contribution is 2.70. The van der Waals surface area contributed by atoms with Crippen molar-refractivity contribution < 1.29 is 17.0 Å². The molecule has 0 radical (unpaired) electrons. The number of hydrogen-bond donors (Lipinski definition) is 0. The Hall–Kier alpha value is -0.173. The summed E-state index contributed by atoms with van der Waals surface area (Å²) in [6.07, 6.45) is 13.1. The van der Waals surface area contributed by atoms with Gasteiger partial charge in [-0.25, -0.2) is 0 Å². The first-order valence-corrected chi connectivity index (χ1v) is 19.5. The molecule has 9 atom stereocenters. The second-order valence-electron chi connectivity index (χ2n) is 14.9. The molecule has 0 saturated heterocycles. The van der Waals surface area contributed by atoms with Crippen LogP contribution in [-0.4, -0.2) is 35.2 Å². The topological polar surface area (TPSA) is 52.6 Å². The molecule has 0 aromatic rings. The van der Waals surface area contributed by atoms with Crippen molar-refractivity contribution in [3.05, 3.63) is 11.6 Å². The Kier molecular flexibility index (Phi) is 7.59. The summed E-state index contributed by atoms with van der Waals surface area (Å²) in [5, 5.41) is 0.0807. The third kappa shape index (κ3) is 4.95. The first kappa shape index (κ1) is 28.8. The first-order chi connectivity index (χ1) is 16.5. The normalized spacial score (nSPS) is 41.7. The molecule has 4 aliphatic carbocycles. The smallest absolute Gasteiger partial charge is 0.264 e. The summed E-state index contributed by atoms with van der Waals surface area (Å²) in [7, 11) is -5.62. The number of fused-ring (bicyclic) bond motifs is 2. The van der Waals surface area contributed by atoms with Crippen LogP contribution in [0.15, 0.2) is 11.6 Å². The lowest BCUT2D eigenvalue weighted by atomic mass is 9.60. The second kappa shape index (κ2) is 9.48. The van der Waals surface area contributed by atoms with E-state index in [4.69, 9.17) is 8.61 Å². The fourth-order valence-electron chi connectivity index (χ4n) is 8.57. The molecule has 2 unspecified atom stereocenters. The average molecular weight is 539 g/mol. The van der Waals surface area contributed by atoms with Crippen molar-refractivity contribution in [3.63, 3.8) is 0 Å². The zero-order chi connectivity index (χ0) is 26.9. The molecule has 0 bridgehead atoms. The van der Waals surface area contributed by atoms with Gasteiger partial charge in [0.2, 0.25) is 0 Å². The highest BCUT2D eigenvalue weighted by atomic mass is 32.2. The van der Waals surface area contributed by atoms with Gasteiger partial charge in [0.15, 0.2) is 8.32 Å². The molecule has 4 aliphatic rings. The van der Waals surface area contributed by atoms with Gasteiger partial charge in [0, 0.05) is 5.41 Å². The quantitative estimate of drug-likeness (QED) is 0.179. The van der Waals surface area contributed by atoms with Crippen molar-refractivity contribution in [2.45, 2.75) is 130 Å². The van der Waals surface area contributed by atoms with Crippen LogP contribution in [0, 0.1) is 40.4 Å². The largest absolute Gasteiger partial charge is 0.411 e. The minimum Gasteiger partial charge on any atom is -0.411 e. The minimum absolute atomic E-state index is 0.0807. The summed E-state index contributed by atoms with van der Waals surface area (Å²) in [5.41, 5.74) is 1.98. The van der Waals surface area contributed by atoms with E-state index in [-0.39, 0.29) is 22.7 Å². The van der Waals surface area contributed by atoms with Gasteiger partial charge in [-0.15, -0.1) is 0 Å². The Morgan fingerprint density at radius 2 is 1.86 bits per heavy atom. The molecule has 0 spiro atoms. The molecule has 6 heteroatoms. The fourth-order valence-corrected chi connectivity index (χ4v) is 10.6. The fraction of sp³-hybridized carbons (Fsp3) is 0.933. The molecule has 0 aromatic carbocycles. The van der Waals surface area contributed by atoms with Crippen LogP contribution in [0.2, 0.25) is 18.1 Å². The van der Waals surface area contributed by atoms with Gasteiger partial charge in [-0.2, -0.15) is 8.42 Å². The predicted molar refractivity (Wildman–Crippen MR) is 152 cm³/mol. The van der Waals surface area contributed by atoms with Crippen molar-refractivity contribution in [1.29, 1.82) is 0 Å². The molecule has 0 N–H and O–H groups in total. The van der Waals surface area contributed by atoms with Crippen LogP contribution in [0.25, 0.3) is 0 Å². The van der Waals surface area contributed by atoms with E-state index in [9.17, 15) is 8.42 Å². The zero-order valence-electron chi connectivity index (χ0n) is 24.8. The van der Waals surface area contributed by atoms with Crippen molar-refractivity contribution >= 4 is 18.4 Å². The minimum atomic E-state index is -3.57. The van der Waals surface area contributed by atoms with Gasteiger partial charge in [-0.3, -0.25) is 4.18 Å². The molecule has 0 heterocycles. The molecular weight excluding hydrogens is 484 g/mol. The first-order valence-electron chi connectivity index (χ1n) is 14.7. The van der Waals surface area contributed by atoms with Gasteiger partial charge < -0.3 is 4.43 Å². The van der Waals surface area contributed by atoms with Crippen LogP contribution in [-0.2, 0) is 18.7 Å². The van der Waals surface area contributed by atoms with Crippen molar-refractivity contribution in [3.8, 4) is 0 Å². The summed E-state index contributed by atoms with van der Waals surface area (Å²) in [5.74, 6) is 3.11. The highest BCUT2D eigenvalue weighted by molar-refractivity contribution is 7.86. The van der Waals surface area contributed by atoms with Crippen LogP contribution >= 0.6 is 0 Å².